The number of methoxy groups -OCH3 is 1. The van der Waals surface area contributed by atoms with Gasteiger partial charge in [0.15, 0.2) is 0 Å². The molecule has 0 saturated carbocycles. The molecule has 96 valence electrons. The minimum absolute atomic E-state index is 0.0359. The SMILES string of the molecule is COc1ccc2[nH]cc(CC(=O)NC(C)C)c2c1. The highest BCUT2D eigenvalue weighted by Gasteiger charge is 2.10. The fraction of sp³-hybridized carbons (Fsp3) is 0.357. The molecule has 0 aliphatic heterocycles. The quantitative estimate of drug-likeness (QED) is 0.869. The third kappa shape index (κ3) is 2.64. The normalized spacial score (nSPS) is 10.9. The van der Waals surface area contributed by atoms with E-state index >= 15 is 0 Å². The maximum absolute atomic E-state index is 11.8. The molecule has 0 atom stereocenters. The summed E-state index contributed by atoms with van der Waals surface area (Å²) in [6.45, 7) is 3.91. The van der Waals surface area contributed by atoms with Gasteiger partial charge in [0, 0.05) is 23.1 Å². The highest BCUT2D eigenvalue weighted by molar-refractivity contribution is 5.89. The van der Waals surface area contributed by atoms with Crippen LogP contribution in [0.4, 0.5) is 0 Å². The molecule has 0 unspecified atom stereocenters. The second-order valence-electron chi connectivity index (χ2n) is 4.62. The average molecular weight is 246 g/mol. The molecular weight excluding hydrogens is 228 g/mol. The fourth-order valence-corrected chi connectivity index (χ4v) is 1.98. The Balaban J connectivity index is 2.25. The average Bonchev–Trinajstić information content (AvgIpc) is 2.70. The lowest BCUT2D eigenvalue weighted by molar-refractivity contribution is -0.120. The summed E-state index contributed by atoms with van der Waals surface area (Å²) in [6, 6.07) is 5.97. The number of nitrogens with one attached hydrogen (secondary N) is 2. The summed E-state index contributed by atoms with van der Waals surface area (Å²) >= 11 is 0. The first kappa shape index (κ1) is 12.5. The highest BCUT2D eigenvalue weighted by atomic mass is 16.5. The number of amides is 1. The van der Waals surface area contributed by atoms with E-state index < -0.39 is 0 Å². The lowest BCUT2D eigenvalue weighted by Gasteiger charge is -2.07. The van der Waals surface area contributed by atoms with Gasteiger partial charge >= 0.3 is 0 Å². The number of carbonyl (C=O) groups excluding carboxylic acids is 1. The Hall–Kier alpha value is -1.97. The first-order chi connectivity index (χ1) is 8.60. The topological polar surface area (TPSA) is 54.1 Å². The van der Waals surface area contributed by atoms with Crippen LogP contribution in [0.2, 0.25) is 0 Å². The molecule has 0 bridgehead atoms. The lowest BCUT2D eigenvalue weighted by Crippen LogP contribution is -2.31. The maximum Gasteiger partial charge on any atom is 0.224 e. The number of aromatic nitrogens is 1. The summed E-state index contributed by atoms with van der Waals surface area (Å²) in [5.74, 6) is 0.835. The molecule has 4 nitrogen and oxygen atoms in total. The summed E-state index contributed by atoms with van der Waals surface area (Å²) in [4.78, 5) is 14.9. The zero-order chi connectivity index (χ0) is 13.1. The number of ether oxygens (including phenoxy) is 1. The third-order valence-corrected chi connectivity index (χ3v) is 2.78. The first-order valence-corrected chi connectivity index (χ1v) is 6.03. The number of H-pyrrole nitrogens is 1. The summed E-state index contributed by atoms with van der Waals surface area (Å²) in [5.41, 5.74) is 2.00. The van der Waals surface area contributed by atoms with Gasteiger partial charge in [0.2, 0.25) is 5.91 Å². The van der Waals surface area contributed by atoms with E-state index in [-0.39, 0.29) is 11.9 Å². The zero-order valence-corrected chi connectivity index (χ0v) is 10.9. The van der Waals surface area contributed by atoms with Gasteiger partial charge in [-0.3, -0.25) is 4.79 Å². The van der Waals surface area contributed by atoms with Crippen molar-refractivity contribution in [3.8, 4) is 5.75 Å². The molecular formula is C14H18N2O2. The summed E-state index contributed by atoms with van der Waals surface area (Å²) in [7, 11) is 1.64. The molecule has 0 saturated heterocycles. The first-order valence-electron chi connectivity index (χ1n) is 6.03. The van der Waals surface area contributed by atoms with Crippen molar-refractivity contribution in [2.45, 2.75) is 26.3 Å². The van der Waals surface area contributed by atoms with Gasteiger partial charge in [-0.2, -0.15) is 0 Å². The van der Waals surface area contributed by atoms with E-state index in [2.05, 4.69) is 10.3 Å². The molecule has 0 fully saturated rings. The van der Waals surface area contributed by atoms with Crippen LogP contribution < -0.4 is 10.1 Å². The van der Waals surface area contributed by atoms with Crippen molar-refractivity contribution < 1.29 is 9.53 Å². The van der Waals surface area contributed by atoms with E-state index in [1.54, 1.807) is 7.11 Å². The van der Waals surface area contributed by atoms with E-state index in [0.717, 1.165) is 22.2 Å². The number of carbonyl (C=O) groups is 1. The van der Waals surface area contributed by atoms with Crippen LogP contribution >= 0.6 is 0 Å². The van der Waals surface area contributed by atoms with Crippen molar-refractivity contribution in [2.24, 2.45) is 0 Å². The van der Waals surface area contributed by atoms with Crippen LogP contribution in [0.3, 0.4) is 0 Å². The van der Waals surface area contributed by atoms with Crippen LogP contribution in [0, 0.1) is 0 Å². The maximum atomic E-state index is 11.8. The summed E-state index contributed by atoms with van der Waals surface area (Å²) in [6.07, 6.45) is 2.26. The van der Waals surface area contributed by atoms with Gasteiger partial charge in [0.25, 0.3) is 0 Å². The second kappa shape index (κ2) is 5.12. The summed E-state index contributed by atoms with van der Waals surface area (Å²) in [5, 5.41) is 3.93. The van der Waals surface area contributed by atoms with E-state index in [9.17, 15) is 4.79 Å². The second-order valence-corrected chi connectivity index (χ2v) is 4.62. The van der Waals surface area contributed by atoms with Gasteiger partial charge in [0.05, 0.1) is 13.5 Å². The molecule has 0 aliphatic rings. The van der Waals surface area contributed by atoms with Crippen LogP contribution in [0.15, 0.2) is 24.4 Å². The molecule has 0 aliphatic carbocycles. The van der Waals surface area contributed by atoms with Gasteiger partial charge in [0.1, 0.15) is 5.75 Å². The van der Waals surface area contributed by atoms with E-state index in [1.165, 1.54) is 0 Å². The minimum Gasteiger partial charge on any atom is -0.497 e. The molecule has 1 aromatic heterocycles. The number of hydrogen-bond donors (Lipinski definition) is 2. The Morgan fingerprint density at radius 2 is 2.22 bits per heavy atom. The summed E-state index contributed by atoms with van der Waals surface area (Å²) < 4.78 is 5.20. The third-order valence-electron chi connectivity index (χ3n) is 2.78. The van der Waals surface area contributed by atoms with Gasteiger partial charge in [-0.15, -0.1) is 0 Å². The molecule has 1 amide bonds. The van der Waals surface area contributed by atoms with E-state index in [0.29, 0.717) is 6.42 Å². The molecule has 18 heavy (non-hydrogen) atoms. The molecule has 0 radical (unpaired) electrons. The van der Waals surface area contributed by atoms with Gasteiger partial charge in [-0.1, -0.05) is 0 Å². The number of fused-ring (bicyclic) bond motifs is 1. The van der Waals surface area contributed by atoms with Crippen LogP contribution in [0.5, 0.6) is 5.75 Å². The van der Waals surface area contributed by atoms with E-state index in [1.807, 2.05) is 38.2 Å². The Bertz CT molecular complexity index is 558. The predicted octanol–water partition coefficient (Wildman–Crippen LogP) is 2.24. The monoisotopic (exact) mass is 246 g/mol. The van der Waals surface area contributed by atoms with Crippen molar-refractivity contribution in [3.63, 3.8) is 0 Å². The van der Waals surface area contributed by atoms with Crippen LogP contribution in [-0.4, -0.2) is 24.0 Å². The number of hydrogen-bond acceptors (Lipinski definition) is 2. The van der Waals surface area contributed by atoms with Crippen molar-refractivity contribution in [1.82, 2.24) is 10.3 Å². The number of benzene rings is 1. The number of aromatic amines is 1. The number of rotatable bonds is 4. The molecule has 4 heteroatoms. The van der Waals surface area contributed by atoms with Crippen molar-refractivity contribution in [2.75, 3.05) is 7.11 Å². The lowest BCUT2D eigenvalue weighted by atomic mass is 10.1. The molecule has 1 aromatic carbocycles. The fourth-order valence-electron chi connectivity index (χ4n) is 1.98. The Morgan fingerprint density at radius 1 is 1.44 bits per heavy atom. The van der Waals surface area contributed by atoms with Crippen LogP contribution in [0.1, 0.15) is 19.4 Å². The molecule has 1 heterocycles. The standard InChI is InChI=1S/C14H18N2O2/c1-9(2)16-14(17)6-10-8-15-13-5-4-11(18-3)7-12(10)13/h4-5,7-9,15H,6H2,1-3H3,(H,16,17). The highest BCUT2D eigenvalue weighted by Crippen LogP contribution is 2.23. The Kier molecular flexibility index (Phi) is 3.55. The molecule has 0 spiro atoms. The predicted molar refractivity (Wildman–Crippen MR) is 71.8 cm³/mol. The van der Waals surface area contributed by atoms with Crippen LogP contribution in [-0.2, 0) is 11.2 Å². The van der Waals surface area contributed by atoms with Gasteiger partial charge < -0.3 is 15.0 Å². The zero-order valence-electron chi connectivity index (χ0n) is 10.9. The molecule has 2 N–H and O–H groups in total. The largest absolute Gasteiger partial charge is 0.497 e. The minimum atomic E-state index is 0.0359. The molecule has 2 aromatic rings. The van der Waals surface area contributed by atoms with Gasteiger partial charge in [-0.05, 0) is 37.6 Å². The Labute approximate surface area is 106 Å². The Morgan fingerprint density at radius 3 is 2.89 bits per heavy atom. The van der Waals surface area contributed by atoms with Crippen molar-refractivity contribution >= 4 is 16.8 Å². The van der Waals surface area contributed by atoms with Crippen LogP contribution in [0.25, 0.3) is 10.9 Å². The van der Waals surface area contributed by atoms with Crippen molar-refractivity contribution in [1.29, 1.82) is 0 Å². The van der Waals surface area contributed by atoms with E-state index in [4.69, 9.17) is 4.74 Å². The van der Waals surface area contributed by atoms with Crippen molar-refractivity contribution in [3.05, 3.63) is 30.0 Å². The molecule has 2 rings (SSSR count). The smallest absolute Gasteiger partial charge is 0.224 e. The van der Waals surface area contributed by atoms with Gasteiger partial charge in [-0.25, -0.2) is 0 Å².